The van der Waals surface area contributed by atoms with E-state index in [-0.39, 0.29) is 11.7 Å². The number of rotatable bonds is 6. The molecule has 0 radical (unpaired) electrons. The zero-order valence-electron chi connectivity index (χ0n) is 11.6. The molecule has 7 heteroatoms. The number of likely N-dealkylation sites (N-methyl/N-ethyl adjacent to an activating group) is 1. The Morgan fingerprint density at radius 2 is 2.05 bits per heavy atom. The van der Waals surface area contributed by atoms with Gasteiger partial charge in [-0.2, -0.15) is 5.10 Å². The van der Waals surface area contributed by atoms with Crippen LogP contribution in [-0.4, -0.2) is 35.3 Å². The first-order valence-electron chi connectivity index (χ1n) is 6.62. The molecule has 5 nitrogen and oxygen atoms in total. The summed E-state index contributed by atoms with van der Waals surface area (Å²) >= 11 is 3.32. The van der Waals surface area contributed by atoms with Crippen molar-refractivity contribution >= 4 is 21.8 Å². The Morgan fingerprint density at radius 1 is 1.33 bits per heavy atom. The number of nitrogens with one attached hydrogen (secondary N) is 2. The minimum absolute atomic E-state index is 0.249. The van der Waals surface area contributed by atoms with Crippen molar-refractivity contribution in [3.8, 4) is 5.69 Å². The lowest BCUT2D eigenvalue weighted by Crippen LogP contribution is -2.32. The minimum Gasteiger partial charge on any atom is -0.349 e. The highest BCUT2D eigenvalue weighted by Crippen LogP contribution is 2.18. The predicted octanol–water partition coefficient (Wildman–Crippen LogP) is 2.11. The lowest BCUT2D eigenvalue weighted by molar-refractivity contribution is 0.0948. The minimum atomic E-state index is -0.314. The van der Waals surface area contributed by atoms with Gasteiger partial charge in [0.15, 0.2) is 5.69 Å². The zero-order valence-corrected chi connectivity index (χ0v) is 13.2. The van der Waals surface area contributed by atoms with Crippen molar-refractivity contribution < 1.29 is 9.18 Å². The lowest BCUT2D eigenvalue weighted by Gasteiger charge is -2.04. The number of hydrogen-bond acceptors (Lipinski definition) is 3. The van der Waals surface area contributed by atoms with Crippen LogP contribution in [0.4, 0.5) is 4.39 Å². The molecular formula is C14H16BrFN4O. The molecule has 1 aromatic carbocycles. The first-order valence-corrected chi connectivity index (χ1v) is 7.41. The van der Waals surface area contributed by atoms with Crippen molar-refractivity contribution in [2.24, 2.45) is 0 Å². The fourth-order valence-electron chi connectivity index (χ4n) is 1.76. The van der Waals surface area contributed by atoms with E-state index in [0.29, 0.717) is 28.9 Å². The van der Waals surface area contributed by atoms with Crippen molar-refractivity contribution in [2.45, 2.75) is 6.92 Å². The van der Waals surface area contributed by atoms with Crippen LogP contribution < -0.4 is 10.6 Å². The van der Waals surface area contributed by atoms with Crippen LogP contribution in [0.1, 0.15) is 17.4 Å². The largest absolute Gasteiger partial charge is 0.349 e. The van der Waals surface area contributed by atoms with E-state index in [0.717, 1.165) is 6.54 Å². The topological polar surface area (TPSA) is 58.9 Å². The summed E-state index contributed by atoms with van der Waals surface area (Å²) in [6.07, 6.45) is 1.67. The third-order valence-electron chi connectivity index (χ3n) is 2.81. The maximum absolute atomic E-state index is 12.9. The summed E-state index contributed by atoms with van der Waals surface area (Å²) in [5.74, 6) is -0.563. The van der Waals surface area contributed by atoms with Crippen molar-refractivity contribution in [3.63, 3.8) is 0 Å². The van der Waals surface area contributed by atoms with Crippen LogP contribution in [-0.2, 0) is 0 Å². The second-order valence-corrected chi connectivity index (χ2v) is 5.21. The smallest absolute Gasteiger partial charge is 0.273 e. The third-order valence-corrected chi connectivity index (χ3v) is 3.39. The average Bonchev–Trinajstić information content (AvgIpc) is 2.86. The SMILES string of the molecule is CCNCCNC(=O)c1nn(-c2ccc(F)cc2)cc1Br. The summed E-state index contributed by atoms with van der Waals surface area (Å²) < 4.78 is 15.0. The molecule has 0 spiro atoms. The second kappa shape index (κ2) is 7.33. The molecule has 0 aliphatic rings. The molecule has 2 N–H and O–H groups in total. The van der Waals surface area contributed by atoms with Crippen LogP contribution >= 0.6 is 15.9 Å². The molecular weight excluding hydrogens is 339 g/mol. The van der Waals surface area contributed by atoms with Crippen molar-refractivity contribution in [1.29, 1.82) is 0 Å². The second-order valence-electron chi connectivity index (χ2n) is 4.36. The molecule has 1 amide bonds. The monoisotopic (exact) mass is 354 g/mol. The summed E-state index contributed by atoms with van der Waals surface area (Å²) in [7, 11) is 0. The van der Waals surface area contributed by atoms with Gasteiger partial charge in [-0.3, -0.25) is 4.79 Å². The average molecular weight is 355 g/mol. The van der Waals surface area contributed by atoms with Gasteiger partial charge in [-0.05, 0) is 46.7 Å². The highest BCUT2D eigenvalue weighted by Gasteiger charge is 2.15. The Bertz CT molecular complexity index is 612. The Labute approximate surface area is 130 Å². The quantitative estimate of drug-likeness (QED) is 0.781. The number of carbonyl (C=O) groups is 1. The molecule has 1 heterocycles. The van der Waals surface area contributed by atoms with Crippen LogP contribution in [0.2, 0.25) is 0 Å². The highest BCUT2D eigenvalue weighted by atomic mass is 79.9. The third kappa shape index (κ3) is 4.12. The van der Waals surface area contributed by atoms with Gasteiger partial charge in [0.1, 0.15) is 5.82 Å². The van der Waals surface area contributed by atoms with Gasteiger partial charge in [-0.15, -0.1) is 0 Å². The first-order chi connectivity index (χ1) is 10.1. The standard InChI is InChI=1S/C14H16BrFN4O/c1-2-17-7-8-18-14(21)13-12(15)9-20(19-13)11-5-3-10(16)4-6-11/h3-6,9,17H,2,7-8H2,1H3,(H,18,21). The normalized spacial score (nSPS) is 10.6. The number of halogens is 2. The van der Waals surface area contributed by atoms with Crippen molar-refractivity contribution in [2.75, 3.05) is 19.6 Å². The predicted molar refractivity (Wildman–Crippen MR) is 82.1 cm³/mol. The molecule has 0 unspecified atom stereocenters. The highest BCUT2D eigenvalue weighted by molar-refractivity contribution is 9.10. The van der Waals surface area contributed by atoms with E-state index in [1.54, 1.807) is 18.3 Å². The molecule has 112 valence electrons. The van der Waals surface area contributed by atoms with E-state index in [2.05, 4.69) is 31.7 Å². The number of aromatic nitrogens is 2. The van der Waals surface area contributed by atoms with Crippen LogP contribution in [0, 0.1) is 5.82 Å². The molecule has 0 aliphatic carbocycles. The number of nitrogens with zero attached hydrogens (tertiary/aromatic N) is 2. The molecule has 0 saturated heterocycles. The Kier molecular flexibility index (Phi) is 5.46. The van der Waals surface area contributed by atoms with E-state index < -0.39 is 0 Å². The van der Waals surface area contributed by atoms with Gasteiger partial charge in [-0.1, -0.05) is 6.92 Å². The Hall–Kier alpha value is -1.73. The first kappa shape index (κ1) is 15.7. The van der Waals surface area contributed by atoms with Gasteiger partial charge in [0.05, 0.1) is 10.2 Å². The molecule has 0 aliphatic heterocycles. The van der Waals surface area contributed by atoms with Crippen LogP contribution in [0.25, 0.3) is 5.69 Å². The molecule has 0 atom stereocenters. The summed E-state index contributed by atoms with van der Waals surface area (Å²) in [6.45, 7) is 4.10. The molecule has 1 aromatic heterocycles. The molecule has 2 rings (SSSR count). The van der Waals surface area contributed by atoms with Gasteiger partial charge < -0.3 is 10.6 Å². The summed E-state index contributed by atoms with van der Waals surface area (Å²) in [5.41, 5.74) is 0.986. The Morgan fingerprint density at radius 3 is 2.71 bits per heavy atom. The van der Waals surface area contributed by atoms with Gasteiger partial charge in [0.25, 0.3) is 5.91 Å². The van der Waals surface area contributed by atoms with Gasteiger partial charge in [0.2, 0.25) is 0 Å². The van der Waals surface area contributed by atoms with Crippen molar-refractivity contribution in [1.82, 2.24) is 20.4 Å². The van der Waals surface area contributed by atoms with E-state index in [9.17, 15) is 9.18 Å². The number of benzene rings is 1. The molecule has 0 fully saturated rings. The van der Waals surface area contributed by atoms with Crippen LogP contribution in [0.3, 0.4) is 0 Å². The van der Waals surface area contributed by atoms with Gasteiger partial charge in [0, 0.05) is 19.3 Å². The molecule has 0 bridgehead atoms. The van der Waals surface area contributed by atoms with Gasteiger partial charge >= 0.3 is 0 Å². The maximum atomic E-state index is 12.9. The fourth-order valence-corrected chi connectivity index (χ4v) is 2.21. The van der Waals surface area contributed by atoms with Gasteiger partial charge in [-0.25, -0.2) is 9.07 Å². The maximum Gasteiger partial charge on any atom is 0.273 e. The lowest BCUT2D eigenvalue weighted by atomic mass is 10.3. The van der Waals surface area contributed by atoms with E-state index in [1.165, 1.54) is 16.8 Å². The van der Waals surface area contributed by atoms with E-state index in [4.69, 9.17) is 0 Å². The number of hydrogen-bond donors (Lipinski definition) is 2. The summed E-state index contributed by atoms with van der Waals surface area (Å²) in [5, 5.41) is 10.1. The summed E-state index contributed by atoms with van der Waals surface area (Å²) in [4.78, 5) is 12.0. The van der Waals surface area contributed by atoms with Crippen molar-refractivity contribution in [3.05, 3.63) is 46.4 Å². The Balaban J connectivity index is 2.08. The van der Waals surface area contributed by atoms with E-state index in [1.807, 2.05) is 6.92 Å². The molecule has 2 aromatic rings. The number of amides is 1. The fraction of sp³-hybridized carbons (Fsp3) is 0.286. The van der Waals surface area contributed by atoms with Crippen LogP contribution in [0.15, 0.2) is 34.9 Å². The summed E-state index contributed by atoms with van der Waals surface area (Å²) in [6, 6.07) is 5.89. The number of carbonyl (C=O) groups excluding carboxylic acids is 1. The van der Waals surface area contributed by atoms with Crippen LogP contribution in [0.5, 0.6) is 0 Å². The van der Waals surface area contributed by atoms with E-state index >= 15 is 0 Å². The zero-order chi connectivity index (χ0) is 15.2. The molecule has 0 saturated carbocycles. The molecule has 21 heavy (non-hydrogen) atoms.